The normalized spacial score (nSPS) is 10.3. The van der Waals surface area contributed by atoms with Crippen LogP contribution in [0.2, 0.25) is 5.02 Å². The molecule has 3 N–H and O–H groups in total. The number of halogens is 1. The SMILES string of the molecule is CCc1nc(NN)c(C)c(Oc2ccccc2Cl)n1. The molecule has 19 heavy (non-hydrogen) atoms. The van der Waals surface area contributed by atoms with Crippen molar-refractivity contribution in [1.29, 1.82) is 0 Å². The summed E-state index contributed by atoms with van der Waals surface area (Å²) in [6, 6.07) is 7.23. The average Bonchev–Trinajstić information content (AvgIpc) is 2.43. The van der Waals surface area contributed by atoms with Crippen LogP contribution in [0.1, 0.15) is 18.3 Å². The lowest BCUT2D eigenvalue weighted by Gasteiger charge is -2.12. The first-order valence-electron chi connectivity index (χ1n) is 5.92. The average molecular weight is 279 g/mol. The van der Waals surface area contributed by atoms with E-state index in [4.69, 9.17) is 22.2 Å². The molecule has 0 radical (unpaired) electrons. The van der Waals surface area contributed by atoms with Gasteiger partial charge in [-0.05, 0) is 19.1 Å². The number of hydrazine groups is 1. The zero-order valence-electron chi connectivity index (χ0n) is 10.8. The van der Waals surface area contributed by atoms with Crippen molar-refractivity contribution < 1.29 is 4.74 Å². The highest BCUT2D eigenvalue weighted by molar-refractivity contribution is 6.32. The number of hydrogen-bond donors (Lipinski definition) is 2. The Hall–Kier alpha value is -1.85. The second-order valence-corrected chi connectivity index (χ2v) is 4.36. The van der Waals surface area contributed by atoms with E-state index < -0.39 is 0 Å². The summed E-state index contributed by atoms with van der Waals surface area (Å²) in [5, 5.41) is 0.529. The van der Waals surface area contributed by atoms with Gasteiger partial charge in [-0.2, -0.15) is 4.98 Å². The van der Waals surface area contributed by atoms with E-state index in [0.29, 0.717) is 34.7 Å². The summed E-state index contributed by atoms with van der Waals surface area (Å²) in [5.74, 6) is 7.65. The third-order valence-electron chi connectivity index (χ3n) is 2.64. The molecule has 1 aromatic carbocycles. The van der Waals surface area contributed by atoms with Gasteiger partial charge in [0, 0.05) is 6.42 Å². The number of benzene rings is 1. The number of rotatable bonds is 4. The first-order chi connectivity index (χ1) is 9.15. The highest BCUT2D eigenvalue weighted by atomic mass is 35.5. The molecule has 0 amide bonds. The Morgan fingerprint density at radius 3 is 2.68 bits per heavy atom. The third kappa shape index (κ3) is 2.94. The van der Waals surface area contributed by atoms with Crippen molar-refractivity contribution in [2.45, 2.75) is 20.3 Å². The Kier molecular flexibility index (Phi) is 4.19. The monoisotopic (exact) mass is 278 g/mol. The molecule has 0 aliphatic heterocycles. The van der Waals surface area contributed by atoms with Crippen molar-refractivity contribution in [3.63, 3.8) is 0 Å². The van der Waals surface area contributed by atoms with Crippen LogP contribution in [0.3, 0.4) is 0 Å². The van der Waals surface area contributed by atoms with Crippen LogP contribution in [0, 0.1) is 6.92 Å². The summed E-state index contributed by atoms with van der Waals surface area (Å²) < 4.78 is 5.75. The number of ether oxygens (including phenoxy) is 1. The molecule has 0 aliphatic carbocycles. The molecule has 0 bridgehead atoms. The molecule has 0 unspecified atom stereocenters. The summed E-state index contributed by atoms with van der Waals surface area (Å²) in [7, 11) is 0. The molecule has 0 saturated carbocycles. The molecule has 0 aliphatic rings. The van der Waals surface area contributed by atoms with Crippen LogP contribution in [0.25, 0.3) is 0 Å². The van der Waals surface area contributed by atoms with Gasteiger partial charge in [0.2, 0.25) is 5.88 Å². The smallest absolute Gasteiger partial charge is 0.227 e. The van der Waals surface area contributed by atoms with Crippen molar-refractivity contribution in [1.82, 2.24) is 9.97 Å². The summed E-state index contributed by atoms with van der Waals surface area (Å²) >= 11 is 6.07. The molecular weight excluding hydrogens is 264 g/mol. The fraction of sp³-hybridized carbons (Fsp3) is 0.231. The topological polar surface area (TPSA) is 73.1 Å². The van der Waals surface area contributed by atoms with Crippen molar-refractivity contribution in [3.05, 3.63) is 40.7 Å². The molecule has 6 heteroatoms. The summed E-state index contributed by atoms with van der Waals surface area (Å²) in [5.41, 5.74) is 3.28. The fourth-order valence-electron chi connectivity index (χ4n) is 1.57. The Morgan fingerprint density at radius 1 is 1.32 bits per heavy atom. The van der Waals surface area contributed by atoms with E-state index in [1.54, 1.807) is 12.1 Å². The Labute approximate surface area is 116 Å². The second-order valence-electron chi connectivity index (χ2n) is 3.95. The van der Waals surface area contributed by atoms with Gasteiger partial charge >= 0.3 is 0 Å². The van der Waals surface area contributed by atoms with Crippen LogP contribution >= 0.6 is 11.6 Å². The van der Waals surface area contributed by atoms with Gasteiger partial charge in [-0.15, -0.1) is 0 Å². The standard InChI is InChI=1S/C13H15ClN4O/c1-3-11-16-12(18-15)8(2)13(17-11)19-10-7-5-4-6-9(10)14/h4-7H,3,15H2,1-2H3,(H,16,17,18). The van der Waals surface area contributed by atoms with Crippen molar-refractivity contribution in [3.8, 4) is 11.6 Å². The Balaban J connectivity index is 2.42. The van der Waals surface area contributed by atoms with E-state index in [2.05, 4.69) is 15.4 Å². The van der Waals surface area contributed by atoms with Gasteiger partial charge in [-0.3, -0.25) is 0 Å². The van der Waals surface area contributed by atoms with Crippen molar-refractivity contribution >= 4 is 17.4 Å². The van der Waals surface area contributed by atoms with Gasteiger partial charge in [0.05, 0.1) is 10.6 Å². The predicted octanol–water partition coefficient (Wildman–Crippen LogP) is 3.08. The number of nitrogens with two attached hydrogens (primary N) is 1. The molecule has 100 valence electrons. The fourth-order valence-corrected chi connectivity index (χ4v) is 1.74. The molecule has 0 saturated heterocycles. The van der Waals surface area contributed by atoms with E-state index in [1.807, 2.05) is 26.0 Å². The predicted molar refractivity (Wildman–Crippen MR) is 75.5 cm³/mol. The maximum atomic E-state index is 6.07. The molecule has 1 heterocycles. The van der Waals surface area contributed by atoms with E-state index >= 15 is 0 Å². The number of aryl methyl sites for hydroxylation is 1. The quantitative estimate of drug-likeness (QED) is 0.664. The molecule has 0 spiro atoms. The van der Waals surface area contributed by atoms with Crippen LogP contribution < -0.4 is 16.0 Å². The van der Waals surface area contributed by atoms with Gasteiger partial charge in [0.15, 0.2) is 0 Å². The van der Waals surface area contributed by atoms with Crippen molar-refractivity contribution in [2.75, 3.05) is 5.43 Å². The van der Waals surface area contributed by atoms with Gasteiger partial charge in [-0.25, -0.2) is 10.8 Å². The Morgan fingerprint density at radius 2 is 2.05 bits per heavy atom. The minimum absolute atomic E-state index is 0.452. The molecule has 2 aromatic rings. The van der Waals surface area contributed by atoms with Gasteiger partial charge in [-0.1, -0.05) is 30.7 Å². The highest BCUT2D eigenvalue weighted by Crippen LogP contribution is 2.31. The van der Waals surface area contributed by atoms with Gasteiger partial charge < -0.3 is 10.2 Å². The maximum absolute atomic E-state index is 6.07. The van der Waals surface area contributed by atoms with E-state index in [9.17, 15) is 0 Å². The van der Waals surface area contributed by atoms with E-state index in [0.717, 1.165) is 5.56 Å². The molecule has 1 aromatic heterocycles. The minimum atomic E-state index is 0.452. The van der Waals surface area contributed by atoms with Crippen LogP contribution in [0.5, 0.6) is 11.6 Å². The third-order valence-corrected chi connectivity index (χ3v) is 2.96. The van der Waals surface area contributed by atoms with Crippen molar-refractivity contribution in [2.24, 2.45) is 5.84 Å². The lowest BCUT2D eigenvalue weighted by molar-refractivity contribution is 0.455. The number of aromatic nitrogens is 2. The molecule has 5 nitrogen and oxygen atoms in total. The van der Waals surface area contributed by atoms with Crippen LogP contribution in [0.15, 0.2) is 24.3 Å². The lowest BCUT2D eigenvalue weighted by Crippen LogP contribution is -2.13. The summed E-state index contributed by atoms with van der Waals surface area (Å²) in [6.45, 7) is 3.80. The number of anilines is 1. The number of hydrogen-bond acceptors (Lipinski definition) is 5. The van der Waals surface area contributed by atoms with Crippen LogP contribution in [-0.4, -0.2) is 9.97 Å². The van der Waals surface area contributed by atoms with Gasteiger partial charge in [0.1, 0.15) is 17.4 Å². The number of nitrogen functional groups attached to an aromatic ring is 1. The number of nitrogens with zero attached hydrogens (tertiary/aromatic N) is 2. The zero-order valence-corrected chi connectivity index (χ0v) is 11.5. The molecule has 0 fully saturated rings. The maximum Gasteiger partial charge on any atom is 0.227 e. The van der Waals surface area contributed by atoms with E-state index in [1.165, 1.54) is 0 Å². The molecule has 2 rings (SSSR count). The van der Waals surface area contributed by atoms with Crippen LogP contribution in [0.4, 0.5) is 5.82 Å². The number of nitrogens with one attached hydrogen (secondary N) is 1. The van der Waals surface area contributed by atoms with Crippen LogP contribution in [-0.2, 0) is 6.42 Å². The highest BCUT2D eigenvalue weighted by Gasteiger charge is 2.12. The zero-order chi connectivity index (χ0) is 13.8. The Bertz CT molecular complexity index is 589. The van der Waals surface area contributed by atoms with E-state index in [-0.39, 0.29) is 0 Å². The summed E-state index contributed by atoms with van der Waals surface area (Å²) in [6.07, 6.45) is 0.688. The summed E-state index contributed by atoms with van der Waals surface area (Å²) in [4.78, 5) is 8.62. The first kappa shape index (κ1) is 13.6. The molecule has 0 atom stereocenters. The minimum Gasteiger partial charge on any atom is -0.437 e. The number of para-hydroxylation sites is 1. The second kappa shape index (κ2) is 5.86. The largest absolute Gasteiger partial charge is 0.437 e. The lowest BCUT2D eigenvalue weighted by atomic mass is 10.3. The van der Waals surface area contributed by atoms with Gasteiger partial charge in [0.25, 0.3) is 0 Å². The first-order valence-corrected chi connectivity index (χ1v) is 6.30. The molecular formula is C13H15ClN4O.